The van der Waals surface area contributed by atoms with E-state index < -0.39 is 0 Å². The van der Waals surface area contributed by atoms with Crippen LogP contribution in [-0.4, -0.2) is 0 Å². The van der Waals surface area contributed by atoms with E-state index in [-0.39, 0.29) is 0 Å². The summed E-state index contributed by atoms with van der Waals surface area (Å²) >= 11 is 0. The Balaban J connectivity index is 3.27. The molecule has 0 spiro atoms. The van der Waals surface area contributed by atoms with Gasteiger partial charge in [0.05, 0.1) is 0 Å². The topological polar surface area (TPSA) is 0 Å². The lowest BCUT2D eigenvalue weighted by Crippen LogP contribution is -1.98. The first-order chi connectivity index (χ1) is 7.56. The van der Waals surface area contributed by atoms with Gasteiger partial charge in [-0.3, -0.25) is 0 Å². The minimum absolute atomic E-state index is 0.890. The van der Waals surface area contributed by atoms with Crippen LogP contribution in [0.2, 0.25) is 0 Å². The van der Waals surface area contributed by atoms with Crippen molar-refractivity contribution in [2.45, 2.75) is 86.0 Å². The Morgan fingerprint density at radius 2 is 1.12 bits per heavy atom. The monoisotopic (exact) mass is 226 g/mol. The van der Waals surface area contributed by atoms with Crippen molar-refractivity contribution in [3.63, 3.8) is 0 Å². The SMILES string of the molecule is CCC(C)CCCC(C)CCCCC(C)C. The van der Waals surface area contributed by atoms with Gasteiger partial charge in [0.25, 0.3) is 0 Å². The molecule has 0 aromatic heterocycles. The molecule has 0 radical (unpaired) electrons. The Morgan fingerprint density at radius 3 is 1.69 bits per heavy atom. The fraction of sp³-hybridized carbons (Fsp3) is 1.00. The number of hydrogen-bond acceptors (Lipinski definition) is 0. The molecule has 0 amide bonds. The van der Waals surface area contributed by atoms with Crippen molar-refractivity contribution in [2.75, 3.05) is 0 Å². The molecule has 0 rings (SSSR count). The zero-order valence-corrected chi connectivity index (χ0v) is 12.4. The number of hydrogen-bond donors (Lipinski definition) is 0. The van der Waals surface area contributed by atoms with Gasteiger partial charge in [-0.2, -0.15) is 0 Å². The zero-order chi connectivity index (χ0) is 12.4. The molecular weight excluding hydrogens is 192 g/mol. The van der Waals surface area contributed by atoms with Crippen molar-refractivity contribution in [3.05, 3.63) is 0 Å². The van der Waals surface area contributed by atoms with E-state index in [1.807, 2.05) is 0 Å². The van der Waals surface area contributed by atoms with Crippen LogP contribution < -0.4 is 0 Å². The first kappa shape index (κ1) is 16.0. The Kier molecular flexibility index (Phi) is 10.2. The lowest BCUT2D eigenvalue weighted by molar-refractivity contribution is 0.400. The molecule has 2 atom stereocenters. The highest BCUT2D eigenvalue weighted by Crippen LogP contribution is 2.19. The zero-order valence-electron chi connectivity index (χ0n) is 12.4. The van der Waals surface area contributed by atoms with Crippen molar-refractivity contribution in [2.24, 2.45) is 17.8 Å². The smallest absolute Gasteiger partial charge is 0.0443 e. The predicted octanol–water partition coefficient (Wildman–Crippen LogP) is 6.06. The molecule has 0 fully saturated rings. The van der Waals surface area contributed by atoms with Gasteiger partial charge in [0, 0.05) is 0 Å². The third-order valence-corrected chi connectivity index (χ3v) is 3.82. The summed E-state index contributed by atoms with van der Waals surface area (Å²) in [4.78, 5) is 0. The van der Waals surface area contributed by atoms with Gasteiger partial charge < -0.3 is 0 Å². The molecule has 0 saturated heterocycles. The highest BCUT2D eigenvalue weighted by atomic mass is 14.1. The molecule has 0 aromatic rings. The van der Waals surface area contributed by atoms with Crippen LogP contribution in [0, 0.1) is 17.8 Å². The lowest BCUT2D eigenvalue weighted by atomic mass is 9.93. The molecule has 16 heavy (non-hydrogen) atoms. The average Bonchev–Trinajstić information content (AvgIpc) is 2.24. The fourth-order valence-corrected chi connectivity index (χ4v) is 2.21. The van der Waals surface area contributed by atoms with Crippen LogP contribution in [-0.2, 0) is 0 Å². The molecule has 0 saturated carbocycles. The van der Waals surface area contributed by atoms with Gasteiger partial charge in [-0.15, -0.1) is 0 Å². The average molecular weight is 226 g/mol. The van der Waals surface area contributed by atoms with E-state index >= 15 is 0 Å². The van der Waals surface area contributed by atoms with Gasteiger partial charge in [0.1, 0.15) is 0 Å². The molecule has 98 valence electrons. The van der Waals surface area contributed by atoms with E-state index in [0.717, 1.165) is 17.8 Å². The number of unbranched alkanes of at least 4 members (excludes halogenated alkanes) is 1. The molecule has 0 aliphatic rings. The van der Waals surface area contributed by atoms with E-state index in [2.05, 4.69) is 34.6 Å². The highest BCUT2D eigenvalue weighted by molar-refractivity contribution is 4.57. The van der Waals surface area contributed by atoms with E-state index in [1.54, 1.807) is 0 Å². The lowest BCUT2D eigenvalue weighted by Gasteiger charge is -2.13. The normalized spacial score (nSPS) is 15.4. The molecule has 0 bridgehead atoms. The van der Waals surface area contributed by atoms with Crippen LogP contribution >= 0.6 is 0 Å². The van der Waals surface area contributed by atoms with Crippen LogP contribution in [0.25, 0.3) is 0 Å². The predicted molar refractivity (Wildman–Crippen MR) is 75.8 cm³/mol. The summed E-state index contributed by atoms with van der Waals surface area (Å²) in [7, 11) is 0. The van der Waals surface area contributed by atoms with E-state index in [4.69, 9.17) is 0 Å². The first-order valence-corrected chi connectivity index (χ1v) is 7.56. The van der Waals surface area contributed by atoms with Crippen molar-refractivity contribution in [1.29, 1.82) is 0 Å². The minimum atomic E-state index is 0.890. The largest absolute Gasteiger partial charge is 0.0651 e. The Morgan fingerprint density at radius 1 is 0.625 bits per heavy atom. The van der Waals surface area contributed by atoms with E-state index in [9.17, 15) is 0 Å². The Labute approximate surface area is 104 Å². The molecule has 2 unspecified atom stereocenters. The van der Waals surface area contributed by atoms with Crippen LogP contribution in [0.4, 0.5) is 0 Å². The standard InChI is InChI=1S/C16H34/c1-6-15(4)12-9-13-16(5)11-8-7-10-14(2)3/h14-16H,6-13H2,1-5H3. The summed E-state index contributed by atoms with van der Waals surface area (Å²) in [6.45, 7) is 11.8. The second-order valence-electron chi connectivity index (χ2n) is 6.23. The van der Waals surface area contributed by atoms with Gasteiger partial charge in [-0.1, -0.05) is 86.0 Å². The molecular formula is C16H34. The maximum absolute atomic E-state index is 2.44. The summed E-state index contributed by atoms with van der Waals surface area (Å²) < 4.78 is 0. The van der Waals surface area contributed by atoms with Gasteiger partial charge in [-0.05, 0) is 17.8 Å². The molecule has 0 aliphatic heterocycles. The van der Waals surface area contributed by atoms with Gasteiger partial charge in [0.15, 0.2) is 0 Å². The Hall–Kier alpha value is 0. The van der Waals surface area contributed by atoms with Gasteiger partial charge >= 0.3 is 0 Å². The number of rotatable bonds is 10. The Bertz CT molecular complexity index is 137. The summed E-state index contributed by atoms with van der Waals surface area (Å²) in [5.41, 5.74) is 0. The van der Waals surface area contributed by atoms with Crippen LogP contribution in [0.15, 0.2) is 0 Å². The maximum atomic E-state index is 2.44. The van der Waals surface area contributed by atoms with Crippen LogP contribution in [0.5, 0.6) is 0 Å². The molecule has 0 heterocycles. The van der Waals surface area contributed by atoms with Crippen LogP contribution in [0.1, 0.15) is 86.0 Å². The summed E-state index contributed by atoms with van der Waals surface area (Å²) in [5, 5.41) is 0. The fourth-order valence-electron chi connectivity index (χ4n) is 2.21. The minimum Gasteiger partial charge on any atom is -0.0651 e. The molecule has 0 aromatic carbocycles. The maximum Gasteiger partial charge on any atom is -0.0443 e. The molecule has 0 N–H and O–H groups in total. The summed E-state index contributed by atoms with van der Waals surface area (Å²) in [5.74, 6) is 2.78. The van der Waals surface area contributed by atoms with E-state index in [1.165, 1.54) is 51.4 Å². The van der Waals surface area contributed by atoms with Crippen molar-refractivity contribution in [1.82, 2.24) is 0 Å². The molecule has 0 nitrogen and oxygen atoms in total. The van der Waals surface area contributed by atoms with Crippen molar-refractivity contribution < 1.29 is 0 Å². The first-order valence-electron chi connectivity index (χ1n) is 7.56. The second-order valence-corrected chi connectivity index (χ2v) is 6.23. The molecule has 0 aliphatic carbocycles. The van der Waals surface area contributed by atoms with Crippen molar-refractivity contribution in [3.8, 4) is 0 Å². The van der Waals surface area contributed by atoms with Gasteiger partial charge in [0.2, 0.25) is 0 Å². The highest BCUT2D eigenvalue weighted by Gasteiger charge is 2.04. The van der Waals surface area contributed by atoms with E-state index in [0.29, 0.717) is 0 Å². The van der Waals surface area contributed by atoms with Crippen LogP contribution in [0.3, 0.4) is 0 Å². The summed E-state index contributed by atoms with van der Waals surface area (Å²) in [6.07, 6.45) is 11.4. The molecule has 0 heteroatoms. The van der Waals surface area contributed by atoms with Crippen molar-refractivity contribution >= 4 is 0 Å². The summed E-state index contributed by atoms with van der Waals surface area (Å²) in [6, 6.07) is 0. The third-order valence-electron chi connectivity index (χ3n) is 3.82. The third kappa shape index (κ3) is 10.5. The second kappa shape index (κ2) is 10.2. The van der Waals surface area contributed by atoms with Gasteiger partial charge in [-0.25, -0.2) is 0 Å². The quantitative estimate of drug-likeness (QED) is 0.397.